The minimum Gasteiger partial charge on any atom is -0.468 e. The Kier molecular flexibility index (Phi) is 7.01. The van der Waals surface area contributed by atoms with Crippen LogP contribution in [0.1, 0.15) is 57.4 Å². The molecule has 1 atom stereocenters. The molecule has 0 aliphatic heterocycles. The SMILES string of the molecule is COC(=O)C(C)(CCCC1=CCCCC1)NS(=O)(=O)c1ccc(C)cc1. The molecule has 2 rings (SSSR count). The summed E-state index contributed by atoms with van der Waals surface area (Å²) in [4.78, 5) is 12.5. The molecular formula is C20H29NO4S. The van der Waals surface area contributed by atoms with Gasteiger partial charge in [-0.2, -0.15) is 4.72 Å². The molecule has 26 heavy (non-hydrogen) atoms. The molecule has 0 fully saturated rings. The van der Waals surface area contributed by atoms with Crippen molar-refractivity contribution in [2.75, 3.05) is 7.11 Å². The van der Waals surface area contributed by atoms with Gasteiger partial charge in [-0.15, -0.1) is 0 Å². The first-order valence-corrected chi connectivity index (χ1v) is 10.6. The summed E-state index contributed by atoms with van der Waals surface area (Å²) in [6.07, 6.45) is 8.94. The number of nitrogens with one attached hydrogen (secondary N) is 1. The topological polar surface area (TPSA) is 72.5 Å². The van der Waals surface area contributed by atoms with Gasteiger partial charge in [0.2, 0.25) is 10.0 Å². The van der Waals surface area contributed by atoms with E-state index in [-0.39, 0.29) is 4.90 Å². The highest BCUT2D eigenvalue weighted by atomic mass is 32.2. The van der Waals surface area contributed by atoms with Gasteiger partial charge in [0, 0.05) is 0 Å². The Labute approximate surface area is 156 Å². The van der Waals surface area contributed by atoms with Crippen molar-refractivity contribution in [1.29, 1.82) is 0 Å². The van der Waals surface area contributed by atoms with Crippen LogP contribution < -0.4 is 4.72 Å². The molecule has 1 aliphatic carbocycles. The standard InChI is InChI=1S/C20H29NO4S/c1-16-11-13-18(14-12-16)26(23,24)21-20(2,19(22)25-3)15-7-10-17-8-5-4-6-9-17/h8,11-14,21H,4-7,9-10,15H2,1-3H3. The molecule has 5 nitrogen and oxygen atoms in total. The number of esters is 1. The number of hydrogen-bond donors (Lipinski definition) is 1. The predicted octanol–water partition coefficient (Wildman–Crippen LogP) is 3.88. The zero-order chi connectivity index (χ0) is 19.2. The lowest BCUT2D eigenvalue weighted by atomic mass is 9.91. The number of sulfonamides is 1. The molecule has 6 heteroatoms. The van der Waals surface area contributed by atoms with Crippen LogP contribution >= 0.6 is 0 Å². The van der Waals surface area contributed by atoms with Crippen LogP contribution in [-0.2, 0) is 19.6 Å². The van der Waals surface area contributed by atoms with Gasteiger partial charge in [-0.1, -0.05) is 29.3 Å². The molecule has 1 aromatic carbocycles. The summed E-state index contributed by atoms with van der Waals surface area (Å²) in [5.41, 5.74) is 1.10. The maximum absolute atomic E-state index is 12.7. The molecule has 1 unspecified atom stereocenters. The molecule has 0 heterocycles. The van der Waals surface area contributed by atoms with Crippen molar-refractivity contribution >= 4 is 16.0 Å². The molecular weight excluding hydrogens is 350 g/mol. The average molecular weight is 380 g/mol. The highest BCUT2D eigenvalue weighted by Crippen LogP contribution is 2.25. The van der Waals surface area contributed by atoms with Gasteiger partial charge in [-0.25, -0.2) is 8.42 Å². The Hall–Kier alpha value is -1.66. The van der Waals surface area contributed by atoms with E-state index >= 15 is 0 Å². The third-order valence-electron chi connectivity index (χ3n) is 4.89. The normalized spacial score (nSPS) is 17.3. The van der Waals surface area contributed by atoms with Gasteiger partial charge in [0.15, 0.2) is 0 Å². The third-order valence-corrected chi connectivity index (χ3v) is 6.50. The van der Waals surface area contributed by atoms with Crippen LogP contribution in [0.3, 0.4) is 0 Å². The summed E-state index contributed by atoms with van der Waals surface area (Å²) >= 11 is 0. The second-order valence-corrected chi connectivity index (χ2v) is 8.89. The van der Waals surface area contributed by atoms with Gasteiger partial charge in [0.1, 0.15) is 5.54 Å². The second kappa shape index (κ2) is 8.82. The quantitative estimate of drug-likeness (QED) is 0.550. The molecule has 0 amide bonds. The molecule has 144 valence electrons. The lowest BCUT2D eigenvalue weighted by molar-refractivity contribution is -0.147. The first-order valence-electron chi connectivity index (χ1n) is 9.14. The fourth-order valence-corrected chi connectivity index (χ4v) is 4.68. The van der Waals surface area contributed by atoms with E-state index in [4.69, 9.17) is 4.74 Å². The van der Waals surface area contributed by atoms with Crippen LogP contribution in [0.15, 0.2) is 40.8 Å². The highest BCUT2D eigenvalue weighted by molar-refractivity contribution is 7.89. The maximum Gasteiger partial charge on any atom is 0.326 e. The van der Waals surface area contributed by atoms with Gasteiger partial charge in [-0.3, -0.25) is 4.79 Å². The summed E-state index contributed by atoms with van der Waals surface area (Å²) < 4.78 is 32.9. The highest BCUT2D eigenvalue weighted by Gasteiger charge is 2.38. The Bertz CT molecular complexity index is 753. The van der Waals surface area contributed by atoms with Gasteiger partial charge in [-0.05, 0) is 70.9 Å². The van der Waals surface area contributed by atoms with Crippen molar-refractivity contribution in [2.24, 2.45) is 0 Å². The average Bonchev–Trinajstić information content (AvgIpc) is 2.61. The fourth-order valence-electron chi connectivity index (χ4n) is 3.29. The Balaban J connectivity index is 2.10. The van der Waals surface area contributed by atoms with Crippen LogP contribution in [0.4, 0.5) is 0 Å². The van der Waals surface area contributed by atoms with E-state index in [1.54, 1.807) is 31.2 Å². The van der Waals surface area contributed by atoms with Crippen molar-refractivity contribution in [3.63, 3.8) is 0 Å². The summed E-state index contributed by atoms with van der Waals surface area (Å²) in [7, 11) is -2.53. The maximum atomic E-state index is 12.7. The van der Waals surface area contributed by atoms with Crippen molar-refractivity contribution in [3.05, 3.63) is 41.5 Å². The van der Waals surface area contributed by atoms with Crippen LogP contribution in [0.2, 0.25) is 0 Å². The summed E-state index contributed by atoms with van der Waals surface area (Å²) in [6.45, 7) is 3.49. The number of hydrogen-bond acceptors (Lipinski definition) is 4. The van der Waals surface area contributed by atoms with E-state index in [2.05, 4.69) is 10.8 Å². The molecule has 0 bridgehead atoms. The summed E-state index contributed by atoms with van der Waals surface area (Å²) in [6, 6.07) is 6.56. The fraction of sp³-hybridized carbons (Fsp3) is 0.550. The van der Waals surface area contributed by atoms with Gasteiger partial charge >= 0.3 is 5.97 Å². The van der Waals surface area contributed by atoms with E-state index in [0.29, 0.717) is 6.42 Å². The first-order chi connectivity index (χ1) is 12.3. The molecule has 1 N–H and O–H groups in total. The number of methoxy groups -OCH3 is 1. The zero-order valence-corrected chi connectivity index (χ0v) is 16.7. The van der Waals surface area contributed by atoms with E-state index in [9.17, 15) is 13.2 Å². The minimum absolute atomic E-state index is 0.146. The van der Waals surface area contributed by atoms with Crippen molar-refractivity contribution in [2.45, 2.75) is 69.2 Å². The number of allylic oxidation sites excluding steroid dienone is 2. The van der Waals surface area contributed by atoms with Crippen molar-refractivity contribution in [1.82, 2.24) is 4.72 Å². The lowest BCUT2D eigenvalue weighted by Crippen LogP contribution is -2.52. The lowest BCUT2D eigenvalue weighted by Gasteiger charge is -2.28. The van der Waals surface area contributed by atoms with Crippen LogP contribution in [0.5, 0.6) is 0 Å². The summed E-state index contributed by atoms with van der Waals surface area (Å²) in [5, 5.41) is 0. The van der Waals surface area contributed by atoms with Gasteiger partial charge in [0.25, 0.3) is 0 Å². The van der Waals surface area contributed by atoms with Crippen LogP contribution in [0, 0.1) is 6.92 Å². The van der Waals surface area contributed by atoms with E-state index in [0.717, 1.165) is 31.2 Å². The number of carbonyl (C=O) groups excluding carboxylic acids is 1. The monoisotopic (exact) mass is 379 g/mol. The Morgan fingerprint density at radius 1 is 1.23 bits per heavy atom. The molecule has 0 radical (unpaired) electrons. The number of aryl methyl sites for hydroxylation is 1. The summed E-state index contributed by atoms with van der Waals surface area (Å²) in [5.74, 6) is -0.564. The molecule has 0 aromatic heterocycles. The largest absolute Gasteiger partial charge is 0.468 e. The van der Waals surface area contributed by atoms with E-state index in [1.807, 2.05) is 6.92 Å². The number of benzene rings is 1. The Morgan fingerprint density at radius 2 is 1.92 bits per heavy atom. The molecule has 0 saturated heterocycles. The van der Waals surface area contributed by atoms with Crippen molar-refractivity contribution in [3.8, 4) is 0 Å². The van der Waals surface area contributed by atoms with Gasteiger partial charge in [0.05, 0.1) is 12.0 Å². The van der Waals surface area contributed by atoms with Gasteiger partial charge < -0.3 is 4.74 Å². The number of rotatable bonds is 8. The van der Waals surface area contributed by atoms with E-state index in [1.165, 1.54) is 25.5 Å². The first kappa shape index (κ1) is 20.6. The van der Waals surface area contributed by atoms with Crippen molar-refractivity contribution < 1.29 is 17.9 Å². The molecule has 0 spiro atoms. The minimum atomic E-state index is -3.81. The predicted molar refractivity (Wildman–Crippen MR) is 102 cm³/mol. The zero-order valence-electron chi connectivity index (χ0n) is 15.9. The second-order valence-electron chi connectivity index (χ2n) is 7.20. The molecule has 1 aliphatic rings. The Morgan fingerprint density at radius 3 is 2.50 bits per heavy atom. The smallest absolute Gasteiger partial charge is 0.326 e. The van der Waals surface area contributed by atoms with E-state index < -0.39 is 21.5 Å². The number of ether oxygens (including phenoxy) is 1. The van der Waals surface area contributed by atoms with Crippen LogP contribution in [-0.4, -0.2) is 27.0 Å². The molecule has 0 saturated carbocycles. The van der Waals surface area contributed by atoms with Crippen LogP contribution in [0.25, 0.3) is 0 Å². The molecule has 1 aromatic rings. The third kappa shape index (κ3) is 5.42. The number of carbonyl (C=O) groups is 1.